The van der Waals surface area contributed by atoms with Gasteiger partial charge in [0.05, 0.1) is 0 Å². The first-order valence-corrected chi connectivity index (χ1v) is 6.55. The van der Waals surface area contributed by atoms with Crippen LogP contribution in [0, 0.1) is 13.8 Å². The second-order valence-electron chi connectivity index (χ2n) is 4.97. The van der Waals surface area contributed by atoms with E-state index >= 15 is 0 Å². The van der Waals surface area contributed by atoms with Gasteiger partial charge in [0.2, 0.25) is 5.54 Å². The molecule has 1 aromatic carbocycles. The average Bonchev–Trinajstić information content (AvgIpc) is 2.38. The Labute approximate surface area is 128 Å². The Kier molecular flexibility index (Phi) is 5.23. The fourth-order valence-electron chi connectivity index (χ4n) is 1.93. The quantitative estimate of drug-likeness (QED) is 0.811. The summed E-state index contributed by atoms with van der Waals surface area (Å²) in [6, 6.07) is 4.39. The van der Waals surface area contributed by atoms with E-state index in [9.17, 15) is 31.1 Å². The van der Waals surface area contributed by atoms with Crippen molar-refractivity contribution < 1.29 is 35.9 Å². The third kappa shape index (κ3) is 3.70. The van der Waals surface area contributed by atoms with Gasteiger partial charge in [0.1, 0.15) is 5.75 Å². The highest BCUT2D eigenvalue weighted by Crippen LogP contribution is 2.45. The van der Waals surface area contributed by atoms with Crippen molar-refractivity contribution in [3.8, 4) is 5.75 Å². The monoisotopic (exact) mass is 343 g/mol. The molecule has 0 aliphatic heterocycles. The Hall–Kier alpha value is -1.93. The first-order chi connectivity index (χ1) is 10.4. The van der Waals surface area contributed by atoms with Crippen LogP contribution in [0.15, 0.2) is 18.2 Å². The summed E-state index contributed by atoms with van der Waals surface area (Å²) in [7, 11) is 0. The van der Waals surface area contributed by atoms with E-state index in [0.29, 0.717) is 18.1 Å². The highest BCUT2D eigenvalue weighted by Gasteiger charge is 2.70. The summed E-state index contributed by atoms with van der Waals surface area (Å²) in [6.45, 7) is 3.86. The van der Waals surface area contributed by atoms with Gasteiger partial charge in [0.15, 0.2) is 0 Å². The number of hydrogen-bond acceptors (Lipinski definition) is 2. The molecule has 0 unspecified atom stereocenters. The van der Waals surface area contributed by atoms with E-state index in [2.05, 4.69) is 4.74 Å². The summed E-state index contributed by atoms with van der Waals surface area (Å²) in [5.41, 5.74) is -3.26. The topological polar surface area (TPSA) is 38.3 Å². The first kappa shape index (κ1) is 19.1. The van der Waals surface area contributed by atoms with Crippen molar-refractivity contribution in [2.75, 3.05) is 0 Å². The Bertz CT molecular complexity index is 566. The van der Waals surface area contributed by atoms with Gasteiger partial charge in [-0.05, 0) is 37.5 Å². The normalized spacial score (nSPS) is 12.9. The number of carbonyl (C=O) groups is 1. The molecule has 3 nitrogen and oxygen atoms in total. The van der Waals surface area contributed by atoms with Crippen LogP contribution in [-0.2, 0) is 0 Å². The maximum Gasteiger partial charge on any atom is 0.420 e. The molecule has 0 radical (unpaired) electrons. The van der Waals surface area contributed by atoms with E-state index < -0.39 is 30.4 Å². The number of halogens is 6. The van der Waals surface area contributed by atoms with E-state index in [1.54, 1.807) is 13.0 Å². The molecular weight excluding hydrogens is 328 g/mol. The molecule has 0 spiro atoms. The lowest BCUT2D eigenvalue weighted by Gasteiger charge is -2.36. The van der Waals surface area contributed by atoms with Gasteiger partial charge in [-0.25, -0.2) is 4.79 Å². The molecule has 0 heterocycles. The van der Waals surface area contributed by atoms with Gasteiger partial charge < -0.3 is 4.74 Å². The highest BCUT2D eigenvalue weighted by molar-refractivity contribution is 5.72. The van der Waals surface area contributed by atoms with E-state index in [4.69, 9.17) is 0 Å². The summed E-state index contributed by atoms with van der Waals surface area (Å²) in [5.74, 6) is -0.114. The fraction of sp³-hybridized carbons (Fsp3) is 0.500. The predicted octanol–water partition coefficient (Wildman–Crippen LogP) is 4.67. The van der Waals surface area contributed by atoms with Crippen molar-refractivity contribution in [3.63, 3.8) is 0 Å². The summed E-state index contributed by atoms with van der Waals surface area (Å²) >= 11 is 0. The minimum Gasteiger partial charge on any atom is -0.410 e. The van der Waals surface area contributed by atoms with Crippen LogP contribution in [0.25, 0.3) is 0 Å². The molecular formula is C14H15F6NO2. The molecule has 0 aliphatic carbocycles. The number of alkyl halides is 6. The maximum atomic E-state index is 12.9. The van der Waals surface area contributed by atoms with Crippen LogP contribution >= 0.6 is 0 Å². The molecule has 1 aromatic rings. The second kappa shape index (κ2) is 6.29. The molecule has 1 rings (SSSR count). The number of hydrogen-bond donors (Lipinski definition) is 1. The number of amides is 1. The smallest absolute Gasteiger partial charge is 0.410 e. The molecule has 0 fully saturated rings. The second-order valence-corrected chi connectivity index (χ2v) is 4.97. The first-order valence-electron chi connectivity index (χ1n) is 6.55. The van der Waals surface area contributed by atoms with Crippen molar-refractivity contribution >= 4 is 6.09 Å². The molecule has 0 aromatic heterocycles. The van der Waals surface area contributed by atoms with Gasteiger partial charge >= 0.3 is 18.4 Å². The van der Waals surface area contributed by atoms with E-state index in [0.717, 1.165) is 5.32 Å². The number of rotatable bonds is 3. The molecule has 1 N–H and O–H groups in total. The maximum absolute atomic E-state index is 12.9. The molecule has 0 aliphatic rings. The molecule has 23 heavy (non-hydrogen) atoms. The van der Waals surface area contributed by atoms with Gasteiger partial charge in [-0.3, -0.25) is 5.32 Å². The number of benzene rings is 1. The number of carbonyl (C=O) groups excluding carboxylic acids is 1. The van der Waals surface area contributed by atoms with Crippen molar-refractivity contribution in [2.24, 2.45) is 0 Å². The minimum absolute atomic E-state index is 0.114. The largest absolute Gasteiger partial charge is 0.420 e. The molecule has 9 heteroatoms. The zero-order valence-corrected chi connectivity index (χ0v) is 12.5. The summed E-state index contributed by atoms with van der Waals surface area (Å²) < 4.78 is 82.2. The van der Waals surface area contributed by atoms with Crippen molar-refractivity contribution in [3.05, 3.63) is 29.3 Å². The third-order valence-electron chi connectivity index (χ3n) is 3.57. The Morgan fingerprint density at radius 2 is 1.61 bits per heavy atom. The minimum atomic E-state index is -5.72. The molecule has 0 saturated carbocycles. The lowest BCUT2D eigenvalue weighted by atomic mass is 9.94. The molecule has 1 amide bonds. The van der Waals surface area contributed by atoms with Crippen molar-refractivity contribution in [1.29, 1.82) is 0 Å². The van der Waals surface area contributed by atoms with Gasteiger partial charge in [0.25, 0.3) is 0 Å². The summed E-state index contributed by atoms with van der Waals surface area (Å²) in [4.78, 5) is 11.6. The fourth-order valence-corrected chi connectivity index (χ4v) is 1.93. The van der Waals surface area contributed by atoms with Crippen LogP contribution in [0.5, 0.6) is 5.75 Å². The lowest BCUT2D eigenvalue weighted by molar-refractivity contribution is -0.305. The van der Waals surface area contributed by atoms with E-state index in [1.807, 2.05) is 0 Å². The van der Waals surface area contributed by atoms with Crippen LogP contribution in [0.1, 0.15) is 24.5 Å². The zero-order valence-electron chi connectivity index (χ0n) is 12.5. The van der Waals surface area contributed by atoms with Crippen LogP contribution in [0.3, 0.4) is 0 Å². The van der Waals surface area contributed by atoms with E-state index in [-0.39, 0.29) is 5.75 Å². The van der Waals surface area contributed by atoms with Crippen LogP contribution in [-0.4, -0.2) is 24.0 Å². The predicted molar refractivity (Wildman–Crippen MR) is 70.2 cm³/mol. The van der Waals surface area contributed by atoms with Gasteiger partial charge in [-0.2, -0.15) is 26.3 Å². The number of nitrogens with one attached hydrogen (secondary N) is 1. The highest BCUT2D eigenvalue weighted by atomic mass is 19.4. The standard InChI is InChI=1S/C14H15F6NO2/c1-4-12(13(15,16)17,14(18,19)20)21-11(22)23-10-7-5-6-8(2)9(10)3/h5-7H,4H2,1-3H3,(H,21,22). The summed E-state index contributed by atoms with van der Waals surface area (Å²) in [6.07, 6.45) is -14.7. The van der Waals surface area contributed by atoms with Gasteiger partial charge in [0, 0.05) is 0 Å². The SMILES string of the molecule is CCC(NC(=O)Oc1cccc(C)c1C)(C(F)(F)F)C(F)(F)F. The molecule has 0 atom stereocenters. The Balaban J connectivity index is 3.10. The van der Waals surface area contributed by atoms with Crippen LogP contribution in [0.2, 0.25) is 0 Å². The number of aryl methyl sites for hydroxylation is 1. The summed E-state index contributed by atoms with van der Waals surface area (Å²) in [5, 5.41) is 0.944. The van der Waals surface area contributed by atoms with E-state index in [1.165, 1.54) is 19.1 Å². The molecule has 130 valence electrons. The molecule has 0 saturated heterocycles. The van der Waals surface area contributed by atoms with Crippen LogP contribution in [0.4, 0.5) is 31.1 Å². The van der Waals surface area contributed by atoms with Gasteiger partial charge in [-0.1, -0.05) is 19.1 Å². The Morgan fingerprint density at radius 3 is 2.04 bits per heavy atom. The number of ether oxygens (including phenoxy) is 1. The average molecular weight is 343 g/mol. The van der Waals surface area contributed by atoms with Crippen LogP contribution < -0.4 is 10.1 Å². The Morgan fingerprint density at radius 1 is 1.09 bits per heavy atom. The zero-order chi connectivity index (χ0) is 18.1. The van der Waals surface area contributed by atoms with Gasteiger partial charge in [-0.15, -0.1) is 0 Å². The van der Waals surface area contributed by atoms with Crippen molar-refractivity contribution in [1.82, 2.24) is 5.32 Å². The molecule has 0 bridgehead atoms. The third-order valence-corrected chi connectivity index (χ3v) is 3.57. The lowest BCUT2D eigenvalue weighted by Crippen LogP contribution is -2.67. The van der Waals surface area contributed by atoms with Crippen molar-refractivity contribution in [2.45, 2.75) is 45.1 Å².